The van der Waals surface area contributed by atoms with Gasteiger partial charge in [-0.1, -0.05) is 0 Å². The van der Waals surface area contributed by atoms with Crippen LogP contribution in [-0.2, 0) is 13.0 Å². The van der Waals surface area contributed by atoms with E-state index >= 15 is 0 Å². The Morgan fingerprint density at radius 2 is 1.88 bits per heavy atom. The molecule has 0 unspecified atom stereocenters. The van der Waals surface area contributed by atoms with Crippen LogP contribution < -0.4 is 0 Å². The Bertz CT molecular complexity index is 820. The number of aromatic amines is 1. The van der Waals surface area contributed by atoms with Crippen LogP contribution in [0.3, 0.4) is 0 Å². The van der Waals surface area contributed by atoms with Crippen LogP contribution in [0.15, 0.2) is 24.5 Å². The number of pyridine rings is 1. The van der Waals surface area contributed by atoms with Gasteiger partial charge in [0.2, 0.25) is 0 Å². The molecule has 0 aromatic carbocycles. The zero-order valence-corrected chi connectivity index (χ0v) is 15.1. The lowest BCUT2D eigenvalue weighted by atomic mass is 9.93. The van der Waals surface area contributed by atoms with Crippen molar-refractivity contribution in [3.8, 4) is 0 Å². The van der Waals surface area contributed by atoms with Crippen LogP contribution >= 0.6 is 0 Å². The maximum Gasteiger partial charge on any atom is 0.270 e. The molecule has 6 heteroatoms. The second-order valence-electron chi connectivity index (χ2n) is 7.18. The fraction of sp³-hybridized carbons (Fsp3) is 0.450. The van der Waals surface area contributed by atoms with E-state index in [0.29, 0.717) is 25.2 Å². The van der Waals surface area contributed by atoms with Gasteiger partial charge >= 0.3 is 0 Å². The van der Waals surface area contributed by atoms with Crippen molar-refractivity contribution in [2.24, 2.45) is 0 Å². The number of piperazine rings is 1. The molecule has 3 heterocycles. The normalized spacial score (nSPS) is 18.0. The molecule has 1 saturated heterocycles. The van der Waals surface area contributed by atoms with Gasteiger partial charge in [-0.25, -0.2) is 0 Å². The summed E-state index contributed by atoms with van der Waals surface area (Å²) in [5.74, 6) is 0.189. The largest absolute Gasteiger partial charge is 0.354 e. The molecule has 0 spiro atoms. The van der Waals surface area contributed by atoms with Crippen LogP contribution in [0.2, 0.25) is 0 Å². The van der Waals surface area contributed by atoms with Gasteiger partial charge < -0.3 is 9.88 Å². The van der Waals surface area contributed by atoms with Crippen LogP contribution in [0, 0.1) is 6.92 Å². The summed E-state index contributed by atoms with van der Waals surface area (Å²) in [6.45, 7) is 5.90. The number of rotatable bonds is 3. The maximum absolute atomic E-state index is 13.0. The number of H-pyrrole nitrogens is 1. The fourth-order valence-corrected chi connectivity index (χ4v) is 4.00. The molecule has 0 bridgehead atoms. The molecule has 0 saturated carbocycles. The number of hydrogen-bond acceptors (Lipinski definition) is 4. The number of carbonyl (C=O) groups excluding carboxylic acids is 2. The summed E-state index contributed by atoms with van der Waals surface area (Å²) < 4.78 is 0. The molecular formula is C20H24N4O2. The minimum absolute atomic E-state index is 0.0215. The summed E-state index contributed by atoms with van der Waals surface area (Å²) in [4.78, 5) is 36.7. The third-order valence-electron chi connectivity index (χ3n) is 5.47. The van der Waals surface area contributed by atoms with E-state index in [1.165, 1.54) is 5.56 Å². The van der Waals surface area contributed by atoms with Crippen molar-refractivity contribution in [3.05, 3.63) is 52.6 Å². The van der Waals surface area contributed by atoms with E-state index in [9.17, 15) is 9.59 Å². The van der Waals surface area contributed by atoms with Crippen LogP contribution in [0.5, 0.6) is 0 Å². The van der Waals surface area contributed by atoms with Gasteiger partial charge in [0.15, 0.2) is 5.78 Å². The van der Waals surface area contributed by atoms with Gasteiger partial charge in [-0.3, -0.25) is 19.5 Å². The number of carbonyl (C=O) groups is 2. The molecule has 26 heavy (non-hydrogen) atoms. The lowest BCUT2D eigenvalue weighted by molar-refractivity contribution is 0.0622. The minimum Gasteiger partial charge on any atom is -0.354 e. The fourth-order valence-electron chi connectivity index (χ4n) is 4.00. The number of amides is 1. The van der Waals surface area contributed by atoms with E-state index in [4.69, 9.17) is 0 Å². The topological polar surface area (TPSA) is 69.3 Å². The second kappa shape index (κ2) is 7.03. The number of fused-ring (bicyclic) bond motifs is 1. The SMILES string of the molecule is Cc1c(C(=O)N2CCN(Cc3ccncc3)CC2)[nH]c2c1C(=O)CCC2. The molecule has 2 aliphatic rings. The first-order valence-corrected chi connectivity index (χ1v) is 9.28. The van der Waals surface area contributed by atoms with Crippen molar-refractivity contribution in [2.75, 3.05) is 26.2 Å². The quantitative estimate of drug-likeness (QED) is 0.919. The summed E-state index contributed by atoms with van der Waals surface area (Å²) in [5, 5.41) is 0. The monoisotopic (exact) mass is 352 g/mol. The lowest BCUT2D eigenvalue weighted by Gasteiger charge is -2.34. The molecule has 1 fully saturated rings. The van der Waals surface area contributed by atoms with Crippen molar-refractivity contribution in [2.45, 2.75) is 32.7 Å². The van der Waals surface area contributed by atoms with Crippen molar-refractivity contribution in [1.29, 1.82) is 0 Å². The summed E-state index contributed by atoms with van der Waals surface area (Å²) in [6, 6.07) is 4.06. The predicted octanol–water partition coefficient (Wildman–Crippen LogP) is 2.20. The van der Waals surface area contributed by atoms with Crippen LogP contribution in [0.4, 0.5) is 0 Å². The molecule has 1 aliphatic carbocycles. The Labute approximate surface area is 153 Å². The number of Topliss-reactive ketones (excluding diaryl/α,β-unsaturated/α-hetero) is 1. The molecule has 2 aromatic rings. The first-order chi connectivity index (χ1) is 12.6. The van der Waals surface area contributed by atoms with Crippen molar-refractivity contribution in [3.63, 3.8) is 0 Å². The van der Waals surface area contributed by atoms with Gasteiger partial charge in [-0.05, 0) is 43.0 Å². The van der Waals surface area contributed by atoms with E-state index in [0.717, 1.165) is 49.3 Å². The van der Waals surface area contributed by atoms with Crippen LogP contribution in [0.25, 0.3) is 0 Å². The maximum atomic E-state index is 13.0. The summed E-state index contributed by atoms with van der Waals surface area (Å²) in [5.41, 5.74) is 4.38. The van der Waals surface area contributed by atoms with Crippen molar-refractivity contribution in [1.82, 2.24) is 19.8 Å². The summed E-state index contributed by atoms with van der Waals surface area (Å²) in [6.07, 6.45) is 5.94. The molecule has 0 atom stereocenters. The summed E-state index contributed by atoms with van der Waals surface area (Å²) >= 11 is 0. The molecule has 4 rings (SSSR count). The molecule has 136 valence electrons. The zero-order chi connectivity index (χ0) is 18.1. The van der Waals surface area contributed by atoms with Crippen LogP contribution in [0.1, 0.15) is 50.5 Å². The first kappa shape index (κ1) is 17.0. The standard InChI is InChI=1S/C20H24N4O2/c1-14-18-16(3-2-4-17(18)25)22-19(14)20(26)24-11-9-23(10-12-24)13-15-5-7-21-8-6-15/h5-8,22H,2-4,9-13H2,1H3. The third-order valence-corrected chi connectivity index (χ3v) is 5.47. The van der Waals surface area contributed by atoms with Gasteiger partial charge in [0, 0.05) is 62.8 Å². The summed E-state index contributed by atoms with van der Waals surface area (Å²) in [7, 11) is 0. The minimum atomic E-state index is 0.0215. The smallest absolute Gasteiger partial charge is 0.270 e. The second-order valence-corrected chi connectivity index (χ2v) is 7.18. The van der Waals surface area contributed by atoms with Crippen molar-refractivity contribution >= 4 is 11.7 Å². The Hall–Kier alpha value is -2.47. The van der Waals surface area contributed by atoms with E-state index in [1.807, 2.05) is 36.4 Å². The van der Waals surface area contributed by atoms with E-state index < -0.39 is 0 Å². The van der Waals surface area contributed by atoms with Gasteiger partial charge in [-0.2, -0.15) is 0 Å². The highest BCUT2D eigenvalue weighted by Gasteiger charge is 2.29. The number of aromatic nitrogens is 2. The van der Waals surface area contributed by atoms with Gasteiger partial charge in [0.1, 0.15) is 5.69 Å². The number of hydrogen-bond donors (Lipinski definition) is 1. The Morgan fingerprint density at radius 3 is 2.58 bits per heavy atom. The molecule has 2 aromatic heterocycles. The average Bonchev–Trinajstić information content (AvgIpc) is 3.01. The molecule has 1 amide bonds. The highest BCUT2D eigenvalue weighted by molar-refractivity contribution is 6.04. The molecule has 1 N–H and O–H groups in total. The number of ketones is 1. The Balaban J connectivity index is 1.42. The lowest BCUT2D eigenvalue weighted by Crippen LogP contribution is -2.48. The highest BCUT2D eigenvalue weighted by atomic mass is 16.2. The predicted molar refractivity (Wildman–Crippen MR) is 98.2 cm³/mol. The molecule has 0 radical (unpaired) electrons. The first-order valence-electron chi connectivity index (χ1n) is 9.28. The third kappa shape index (κ3) is 3.17. The van der Waals surface area contributed by atoms with E-state index in [2.05, 4.69) is 14.9 Å². The van der Waals surface area contributed by atoms with Crippen molar-refractivity contribution < 1.29 is 9.59 Å². The van der Waals surface area contributed by atoms with E-state index in [-0.39, 0.29) is 11.7 Å². The number of aryl methyl sites for hydroxylation is 1. The van der Waals surface area contributed by atoms with Gasteiger partial charge in [0.05, 0.1) is 0 Å². The van der Waals surface area contributed by atoms with Crippen LogP contribution in [-0.4, -0.2) is 57.6 Å². The van der Waals surface area contributed by atoms with E-state index in [1.54, 1.807) is 0 Å². The Kier molecular flexibility index (Phi) is 4.59. The molecule has 1 aliphatic heterocycles. The molecule has 6 nitrogen and oxygen atoms in total. The highest BCUT2D eigenvalue weighted by Crippen LogP contribution is 2.27. The molecular weight excluding hydrogens is 328 g/mol. The van der Waals surface area contributed by atoms with Gasteiger partial charge in [-0.15, -0.1) is 0 Å². The number of nitrogens with zero attached hydrogens (tertiary/aromatic N) is 3. The zero-order valence-electron chi connectivity index (χ0n) is 15.1. The Morgan fingerprint density at radius 1 is 1.15 bits per heavy atom. The number of nitrogens with one attached hydrogen (secondary N) is 1. The average molecular weight is 352 g/mol. The van der Waals surface area contributed by atoms with Gasteiger partial charge in [0.25, 0.3) is 5.91 Å².